The highest BCUT2D eigenvalue weighted by molar-refractivity contribution is 7.85. The van der Waals surface area contributed by atoms with Crippen LogP contribution in [-0.4, -0.2) is 33.0 Å². The van der Waals surface area contributed by atoms with Crippen molar-refractivity contribution in [2.24, 2.45) is 5.92 Å². The van der Waals surface area contributed by atoms with E-state index in [1.807, 2.05) is 0 Å². The monoisotopic (exact) mass is 255 g/mol. The summed E-state index contributed by atoms with van der Waals surface area (Å²) in [5.41, 5.74) is -0.156. The van der Waals surface area contributed by atoms with Crippen molar-refractivity contribution in [2.75, 3.05) is 18.8 Å². The highest BCUT2D eigenvalue weighted by Crippen LogP contribution is 2.21. The zero-order valence-corrected chi connectivity index (χ0v) is 9.98. The molecule has 7 heteroatoms. The minimum atomic E-state index is -1.40. The number of aromatic nitrogens is 1. The first kappa shape index (κ1) is 12.1. The summed E-state index contributed by atoms with van der Waals surface area (Å²) in [6.45, 7) is 1.75. The molecule has 1 aromatic rings. The summed E-state index contributed by atoms with van der Waals surface area (Å²) in [7, 11) is -1.40. The molecule has 1 N–H and O–H groups in total. The zero-order valence-electron chi connectivity index (χ0n) is 9.17. The van der Waals surface area contributed by atoms with Gasteiger partial charge in [-0.05, 0) is 31.5 Å². The summed E-state index contributed by atoms with van der Waals surface area (Å²) in [6.07, 6.45) is 2.40. The van der Waals surface area contributed by atoms with Gasteiger partial charge in [0, 0.05) is 18.0 Å². The Balaban J connectivity index is 2.15. The normalized spacial score (nSPS) is 21.3. The van der Waals surface area contributed by atoms with Crippen LogP contribution >= 0.6 is 0 Å². The Morgan fingerprint density at radius 3 is 3.12 bits per heavy atom. The second-order valence-corrected chi connectivity index (χ2v) is 5.37. The van der Waals surface area contributed by atoms with Gasteiger partial charge in [-0.15, -0.1) is 0 Å². The van der Waals surface area contributed by atoms with E-state index in [4.69, 9.17) is 0 Å². The molecule has 6 nitrogen and oxygen atoms in total. The Labute approximate surface area is 101 Å². The van der Waals surface area contributed by atoms with E-state index >= 15 is 0 Å². The maximum atomic E-state index is 12.0. The smallest absolute Gasteiger partial charge is 0.303 e. The van der Waals surface area contributed by atoms with Crippen molar-refractivity contribution in [3.8, 4) is 0 Å². The molecule has 0 aliphatic carbocycles. The van der Waals surface area contributed by atoms with Crippen LogP contribution in [0.1, 0.15) is 6.42 Å². The maximum Gasteiger partial charge on any atom is 0.303 e. The van der Waals surface area contributed by atoms with Gasteiger partial charge >= 0.3 is 5.69 Å². The Hall–Kier alpha value is -1.34. The lowest BCUT2D eigenvalue weighted by Crippen LogP contribution is -2.16. The number of nitro groups is 1. The third-order valence-corrected chi connectivity index (χ3v) is 4.23. The van der Waals surface area contributed by atoms with Crippen LogP contribution in [0.25, 0.3) is 0 Å². The van der Waals surface area contributed by atoms with Crippen molar-refractivity contribution in [1.29, 1.82) is 0 Å². The molecule has 0 aromatic carbocycles. The Morgan fingerprint density at radius 2 is 2.47 bits per heavy atom. The van der Waals surface area contributed by atoms with Crippen LogP contribution in [0.3, 0.4) is 0 Å². The predicted octanol–water partition coefficient (Wildman–Crippen LogP) is 0.707. The van der Waals surface area contributed by atoms with Crippen molar-refractivity contribution >= 4 is 16.5 Å². The van der Waals surface area contributed by atoms with Crippen molar-refractivity contribution in [3.63, 3.8) is 0 Å². The molecular formula is C10H13N3O3S. The number of hydrogen-bond acceptors (Lipinski definition) is 5. The second kappa shape index (κ2) is 5.33. The summed E-state index contributed by atoms with van der Waals surface area (Å²) in [6, 6.07) is 2.82. The fraction of sp³-hybridized carbons (Fsp3) is 0.500. The number of hydrogen-bond donors (Lipinski definition) is 1. The van der Waals surface area contributed by atoms with Gasteiger partial charge in [0.2, 0.25) is 5.03 Å². The van der Waals surface area contributed by atoms with E-state index in [9.17, 15) is 14.3 Å². The van der Waals surface area contributed by atoms with E-state index in [-0.39, 0.29) is 10.7 Å². The Morgan fingerprint density at radius 1 is 1.65 bits per heavy atom. The maximum absolute atomic E-state index is 12.0. The minimum absolute atomic E-state index is 0.0874. The van der Waals surface area contributed by atoms with Crippen LogP contribution in [0.2, 0.25) is 0 Å². The average Bonchev–Trinajstić information content (AvgIpc) is 2.81. The molecule has 2 atom stereocenters. The van der Waals surface area contributed by atoms with E-state index in [1.54, 1.807) is 0 Å². The molecule has 92 valence electrons. The molecule has 2 heterocycles. The number of nitrogens with zero attached hydrogens (tertiary/aromatic N) is 2. The van der Waals surface area contributed by atoms with Gasteiger partial charge in [-0.25, -0.2) is 4.98 Å². The van der Waals surface area contributed by atoms with E-state index in [0.29, 0.717) is 11.7 Å². The van der Waals surface area contributed by atoms with Gasteiger partial charge in [0.25, 0.3) is 0 Å². The number of pyridine rings is 1. The van der Waals surface area contributed by atoms with Crippen LogP contribution in [0.4, 0.5) is 5.69 Å². The van der Waals surface area contributed by atoms with Gasteiger partial charge in [-0.1, -0.05) is 0 Å². The first-order valence-electron chi connectivity index (χ1n) is 5.37. The van der Waals surface area contributed by atoms with E-state index < -0.39 is 15.7 Å². The zero-order chi connectivity index (χ0) is 12.3. The molecule has 17 heavy (non-hydrogen) atoms. The highest BCUT2D eigenvalue weighted by atomic mass is 32.2. The third kappa shape index (κ3) is 2.86. The SMILES string of the molecule is O=[N+]([O-])c1cccnc1[S@@](=O)C[C@H]1CCNC1. The van der Waals surface area contributed by atoms with Crippen LogP contribution in [0.15, 0.2) is 23.4 Å². The molecular weight excluding hydrogens is 242 g/mol. The van der Waals surface area contributed by atoms with Crippen molar-refractivity contribution in [3.05, 3.63) is 28.4 Å². The lowest BCUT2D eigenvalue weighted by atomic mass is 10.2. The molecule has 0 bridgehead atoms. The largest absolute Gasteiger partial charge is 0.316 e. The molecule has 1 aliphatic rings. The molecule has 0 radical (unpaired) electrons. The molecule has 0 saturated carbocycles. The van der Waals surface area contributed by atoms with Gasteiger partial charge < -0.3 is 5.32 Å². The summed E-state index contributed by atoms with van der Waals surface area (Å²) in [4.78, 5) is 14.1. The molecule has 1 saturated heterocycles. The van der Waals surface area contributed by atoms with Crippen LogP contribution in [-0.2, 0) is 10.8 Å². The van der Waals surface area contributed by atoms with Gasteiger partial charge in [0.15, 0.2) is 0 Å². The molecule has 1 fully saturated rings. The first-order chi connectivity index (χ1) is 8.18. The van der Waals surface area contributed by atoms with Crippen LogP contribution < -0.4 is 5.32 Å². The quantitative estimate of drug-likeness (QED) is 0.632. The molecule has 2 rings (SSSR count). The summed E-state index contributed by atoms with van der Waals surface area (Å²) < 4.78 is 12.0. The van der Waals surface area contributed by atoms with Gasteiger partial charge in [0.05, 0.1) is 15.7 Å². The fourth-order valence-electron chi connectivity index (χ4n) is 1.85. The minimum Gasteiger partial charge on any atom is -0.316 e. The fourth-order valence-corrected chi connectivity index (χ4v) is 3.27. The average molecular weight is 255 g/mol. The van der Waals surface area contributed by atoms with E-state index in [0.717, 1.165) is 19.5 Å². The second-order valence-electron chi connectivity index (χ2n) is 3.96. The van der Waals surface area contributed by atoms with Crippen molar-refractivity contribution in [1.82, 2.24) is 10.3 Å². The predicted molar refractivity (Wildman–Crippen MR) is 63.1 cm³/mol. The first-order valence-corrected chi connectivity index (χ1v) is 6.69. The van der Waals surface area contributed by atoms with Crippen LogP contribution in [0, 0.1) is 16.0 Å². The van der Waals surface area contributed by atoms with Crippen LogP contribution in [0.5, 0.6) is 0 Å². The summed E-state index contributed by atoms with van der Waals surface area (Å²) in [5.74, 6) is 0.752. The molecule has 1 aromatic heterocycles. The van der Waals surface area contributed by atoms with Gasteiger partial charge in [0.1, 0.15) is 0 Å². The van der Waals surface area contributed by atoms with Gasteiger partial charge in [-0.2, -0.15) is 0 Å². The molecule has 0 unspecified atom stereocenters. The topological polar surface area (TPSA) is 85.1 Å². The Kier molecular flexibility index (Phi) is 3.80. The van der Waals surface area contributed by atoms with Crippen molar-refractivity contribution in [2.45, 2.75) is 11.4 Å². The number of rotatable bonds is 4. The number of nitrogens with one attached hydrogen (secondary N) is 1. The lowest BCUT2D eigenvalue weighted by Gasteiger charge is -2.07. The molecule has 1 aliphatic heterocycles. The van der Waals surface area contributed by atoms with Gasteiger partial charge in [-0.3, -0.25) is 14.3 Å². The standard InChI is InChI=1S/C10H13N3O3S/c14-13(15)9-2-1-4-12-10(9)17(16)7-8-3-5-11-6-8/h1-2,4,8,11H,3,5-7H2/t8-,17-/m0/s1. The summed E-state index contributed by atoms with van der Waals surface area (Å²) >= 11 is 0. The van der Waals surface area contributed by atoms with E-state index in [2.05, 4.69) is 10.3 Å². The molecule has 0 amide bonds. The van der Waals surface area contributed by atoms with Crippen molar-refractivity contribution < 1.29 is 9.13 Å². The summed E-state index contributed by atoms with van der Waals surface area (Å²) in [5, 5.41) is 14.0. The lowest BCUT2D eigenvalue weighted by molar-refractivity contribution is -0.388. The Bertz CT molecular complexity index is 446. The van der Waals surface area contributed by atoms with E-state index in [1.165, 1.54) is 18.3 Å². The third-order valence-electron chi connectivity index (χ3n) is 2.71. The highest BCUT2D eigenvalue weighted by Gasteiger charge is 2.24. The molecule has 0 spiro atoms.